The monoisotopic (exact) mass is 393 g/mol. The lowest BCUT2D eigenvalue weighted by atomic mass is 9.95. The summed E-state index contributed by atoms with van der Waals surface area (Å²) in [4.78, 5) is 30.7. The van der Waals surface area contributed by atoms with Gasteiger partial charge in [0.25, 0.3) is 5.91 Å². The number of aromatic nitrogens is 4. The molecule has 1 N–H and O–H groups in total. The number of fused-ring (bicyclic) bond motifs is 1. The molecule has 0 radical (unpaired) electrons. The summed E-state index contributed by atoms with van der Waals surface area (Å²) in [6.07, 6.45) is 8.09. The van der Waals surface area contributed by atoms with E-state index in [2.05, 4.69) is 10.1 Å². The number of likely N-dealkylation sites (tertiary alicyclic amines) is 1. The van der Waals surface area contributed by atoms with Gasteiger partial charge in [-0.1, -0.05) is 12.8 Å². The minimum atomic E-state index is 0.00483. The molecule has 0 spiro atoms. The summed E-state index contributed by atoms with van der Waals surface area (Å²) < 4.78 is 3.44. The number of amides is 1. The molecular weight excluding hydrogens is 366 g/mol. The third-order valence-corrected chi connectivity index (χ3v) is 6.62. The van der Waals surface area contributed by atoms with Gasteiger partial charge in [0, 0.05) is 54.8 Å². The number of nitrogens with zero attached hydrogens (tertiary/aromatic N) is 4. The number of benzene rings is 1. The van der Waals surface area contributed by atoms with Crippen LogP contribution in [0.1, 0.15) is 66.7 Å². The molecule has 2 aromatic heterocycles. The maximum atomic E-state index is 13.0. The van der Waals surface area contributed by atoms with Gasteiger partial charge in [0.15, 0.2) is 0 Å². The number of nitrogens with one attached hydrogen (secondary N) is 1. The number of carbonyl (C=O) groups excluding carboxylic acids is 1. The molecule has 1 aromatic carbocycles. The Morgan fingerprint density at radius 2 is 1.86 bits per heavy atom. The van der Waals surface area contributed by atoms with Gasteiger partial charge >= 0.3 is 5.69 Å². The summed E-state index contributed by atoms with van der Waals surface area (Å²) in [7, 11) is 1.74. The first kappa shape index (κ1) is 18.2. The van der Waals surface area contributed by atoms with E-state index in [9.17, 15) is 9.59 Å². The third-order valence-electron chi connectivity index (χ3n) is 6.62. The summed E-state index contributed by atoms with van der Waals surface area (Å²) in [6.45, 7) is 1.40. The highest BCUT2D eigenvalue weighted by Gasteiger charge is 2.31. The van der Waals surface area contributed by atoms with Gasteiger partial charge in [-0.25, -0.2) is 9.48 Å². The van der Waals surface area contributed by atoms with Crippen LogP contribution in [0.5, 0.6) is 0 Å². The molecule has 7 heteroatoms. The molecule has 1 amide bonds. The number of piperidine rings is 1. The highest BCUT2D eigenvalue weighted by atomic mass is 16.2. The fourth-order valence-electron chi connectivity index (χ4n) is 4.99. The SMILES string of the molecule is Cn1nc(C2CCN(C(=O)c3ccc4[nH]ccc4c3)CC2)n(C2CCCC2)c1=O. The van der Waals surface area contributed by atoms with E-state index in [0.717, 1.165) is 48.0 Å². The zero-order chi connectivity index (χ0) is 20.0. The molecule has 5 rings (SSSR count). The van der Waals surface area contributed by atoms with Gasteiger partial charge in [0.05, 0.1) is 0 Å². The third kappa shape index (κ3) is 3.18. The van der Waals surface area contributed by atoms with Crippen LogP contribution >= 0.6 is 0 Å². The molecular formula is C22H27N5O2. The second-order valence-electron chi connectivity index (χ2n) is 8.42. The van der Waals surface area contributed by atoms with E-state index in [4.69, 9.17) is 0 Å². The van der Waals surface area contributed by atoms with Crippen LogP contribution in [-0.4, -0.2) is 43.2 Å². The molecule has 1 saturated heterocycles. The average Bonchev–Trinajstić information content (AvgIpc) is 3.48. The molecule has 152 valence electrons. The summed E-state index contributed by atoms with van der Waals surface area (Å²) in [5.74, 6) is 1.24. The van der Waals surface area contributed by atoms with Crippen LogP contribution in [0.3, 0.4) is 0 Å². The van der Waals surface area contributed by atoms with Gasteiger partial charge < -0.3 is 9.88 Å². The maximum Gasteiger partial charge on any atom is 0.345 e. The minimum absolute atomic E-state index is 0.00483. The molecule has 7 nitrogen and oxygen atoms in total. The number of hydrogen-bond acceptors (Lipinski definition) is 3. The fraction of sp³-hybridized carbons (Fsp3) is 0.500. The van der Waals surface area contributed by atoms with Crippen molar-refractivity contribution in [2.45, 2.75) is 50.5 Å². The largest absolute Gasteiger partial charge is 0.361 e. The summed E-state index contributed by atoms with van der Waals surface area (Å²) in [6, 6.07) is 8.09. The van der Waals surface area contributed by atoms with E-state index in [-0.39, 0.29) is 17.5 Å². The lowest BCUT2D eigenvalue weighted by molar-refractivity contribution is 0.0710. The Bertz CT molecular complexity index is 1090. The number of carbonyl (C=O) groups is 1. The van der Waals surface area contributed by atoms with E-state index < -0.39 is 0 Å². The average molecular weight is 393 g/mol. The summed E-state index contributed by atoms with van der Waals surface area (Å²) in [5, 5.41) is 5.65. The number of aromatic amines is 1. The molecule has 0 bridgehead atoms. The van der Waals surface area contributed by atoms with Gasteiger partial charge in [-0.3, -0.25) is 9.36 Å². The molecule has 3 heterocycles. The molecule has 3 aromatic rings. The van der Waals surface area contributed by atoms with Crippen LogP contribution in [0.4, 0.5) is 0 Å². The molecule has 0 atom stereocenters. The van der Waals surface area contributed by atoms with Crippen molar-refractivity contribution < 1.29 is 4.79 Å². The van der Waals surface area contributed by atoms with Gasteiger partial charge in [-0.05, 0) is 49.9 Å². The lowest BCUT2D eigenvalue weighted by Gasteiger charge is -2.32. The second-order valence-corrected chi connectivity index (χ2v) is 8.42. The zero-order valence-electron chi connectivity index (χ0n) is 16.8. The van der Waals surface area contributed by atoms with E-state index >= 15 is 0 Å². The molecule has 1 aliphatic heterocycles. The topological polar surface area (TPSA) is 75.9 Å². The Morgan fingerprint density at radius 1 is 1.10 bits per heavy atom. The first-order chi connectivity index (χ1) is 14.1. The molecule has 0 unspecified atom stereocenters. The highest BCUT2D eigenvalue weighted by Crippen LogP contribution is 2.33. The predicted molar refractivity (Wildman–Crippen MR) is 111 cm³/mol. The quantitative estimate of drug-likeness (QED) is 0.742. The van der Waals surface area contributed by atoms with Gasteiger partial charge in [0.1, 0.15) is 5.82 Å². The van der Waals surface area contributed by atoms with Crippen molar-refractivity contribution in [3.05, 3.63) is 52.3 Å². The number of aryl methyl sites for hydroxylation is 1. The van der Waals surface area contributed by atoms with Gasteiger partial charge in [0.2, 0.25) is 0 Å². The van der Waals surface area contributed by atoms with E-state index in [1.807, 2.05) is 39.9 Å². The number of rotatable bonds is 3. The van der Waals surface area contributed by atoms with Crippen molar-refractivity contribution in [1.82, 2.24) is 24.2 Å². The predicted octanol–water partition coefficient (Wildman–Crippen LogP) is 3.20. The van der Waals surface area contributed by atoms with Crippen LogP contribution in [0, 0.1) is 0 Å². The molecule has 1 aliphatic carbocycles. The summed E-state index contributed by atoms with van der Waals surface area (Å²) in [5.41, 5.74) is 1.78. The Kier molecular flexibility index (Phi) is 4.53. The zero-order valence-corrected chi connectivity index (χ0v) is 16.8. The maximum absolute atomic E-state index is 13.0. The second kappa shape index (κ2) is 7.21. The first-order valence-corrected chi connectivity index (χ1v) is 10.6. The van der Waals surface area contributed by atoms with Crippen molar-refractivity contribution in [1.29, 1.82) is 0 Å². The Labute approximate surface area is 169 Å². The minimum Gasteiger partial charge on any atom is -0.361 e. The van der Waals surface area contributed by atoms with Crippen LogP contribution in [0.25, 0.3) is 10.9 Å². The van der Waals surface area contributed by atoms with Crippen LogP contribution < -0.4 is 5.69 Å². The Morgan fingerprint density at radius 3 is 2.62 bits per heavy atom. The first-order valence-electron chi connectivity index (χ1n) is 10.6. The number of H-pyrrole nitrogens is 1. The molecule has 2 fully saturated rings. The standard InChI is InChI=1S/C22H27N5O2/c1-25-22(29)27(18-4-2-3-5-18)20(24-25)15-9-12-26(13-10-15)21(28)17-6-7-19-16(14-17)8-11-23-19/h6-8,11,14-15,18,23H,2-5,9-10,12-13H2,1H3. The van der Waals surface area contributed by atoms with Crippen molar-refractivity contribution >= 4 is 16.8 Å². The Hall–Kier alpha value is -2.83. The fourth-order valence-corrected chi connectivity index (χ4v) is 4.99. The van der Waals surface area contributed by atoms with Gasteiger partial charge in [-0.15, -0.1) is 0 Å². The molecule has 2 aliphatic rings. The molecule has 1 saturated carbocycles. The Balaban J connectivity index is 1.32. The van der Waals surface area contributed by atoms with E-state index in [1.54, 1.807) is 7.05 Å². The normalized spacial score (nSPS) is 18.7. The van der Waals surface area contributed by atoms with Crippen LogP contribution in [0.15, 0.2) is 35.3 Å². The molecule has 29 heavy (non-hydrogen) atoms. The van der Waals surface area contributed by atoms with Gasteiger partial charge in [-0.2, -0.15) is 5.10 Å². The van der Waals surface area contributed by atoms with Crippen LogP contribution in [-0.2, 0) is 7.05 Å². The summed E-state index contributed by atoms with van der Waals surface area (Å²) >= 11 is 0. The highest BCUT2D eigenvalue weighted by molar-refractivity contribution is 5.98. The van der Waals surface area contributed by atoms with Crippen LogP contribution in [0.2, 0.25) is 0 Å². The smallest absolute Gasteiger partial charge is 0.345 e. The van der Waals surface area contributed by atoms with E-state index in [0.29, 0.717) is 19.1 Å². The number of hydrogen-bond donors (Lipinski definition) is 1. The van der Waals surface area contributed by atoms with Crippen molar-refractivity contribution in [2.24, 2.45) is 7.05 Å². The van der Waals surface area contributed by atoms with E-state index in [1.165, 1.54) is 17.5 Å². The van der Waals surface area contributed by atoms with Crippen molar-refractivity contribution in [3.63, 3.8) is 0 Å². The van der Waals surface area contributed by atoms with Crippen molar-refractivity contribution in [3.8, 4) is 0 Å². The lowest BCUT2D eigenvalue weighted by Crippen LogP contribution is -2.38. The van der Waals surface area contributed by atoms with Crippen molar-refractivity contribution in [2.75, 3.05) is 13.1 Å².